The molecular weight excluding hydrogens is 272 g/mol. The van der Waals surface area contributed by atoms with Crippen molar-refractivity contribution in [2.75, 3.05) is 12.4 Å². The standard InChI is InChI=1S/C8H8O3S4/c1-4(9)11-2-5-3-12-6-7(13-5)15-8(10)14-6/h5H,2-3H2,1H3. The van der Waals surface area contributed by atoms with Crippen LogP contribution in [0.25, 0.3) is 0 Å². The Morgan fingerprint density at radius 3 is 2.93 bits per heavy atom. The SMILES string of the molecule is CC(=O)OCC1CSc2sc(=O)sc2S1. The first kappa shape index (κ1) is 11.5. The van der Waals surface area contributed by atoms with Gasteiger partial charge in [-0.3, -0.25) is 9.59 Å². The first-order valence-corrected chi connectivity index (χ1v) is 7.71. The van der Waals surface area contributed by atoms with Crippen LogP contribution in [0.4, 0.5) is 0 Å². The van der Waals surface area contributed by atoms with Gasteiger partial charge in [0.1, 0.15) is 6.61 Å². The monoisotopic (exact) mass is 280 g/mol. The average Bonchev–Trinajstić information content (AvgIpc) is 2.53. The fourth-order valence-corrected chi connectivity index (χ4v) is 6.71. The summed E-state index contributed by atoms with van der Waals surface area (Å²) in [5.74, 6) is 0.655. The summed E-state index contributed by atoms with van der Waals surface area (Å²) in [7, 11) is 0. The van der Waals surface area contributed by atoms with E-state index in [0.717, 1.165) is 14.2 Å². The van der Waals surface area contributed by atoms with Crippen LogP contribution in [0.15, 0.2) is 13.2 Å². The maximum atomic E-state index is 11.2. The molecule has 0 aromatic carbocycles. The van der Waals surface area contributed by atoms with E-state index in [0.29, 0.717) is 6.61 Å². The molecule has 15 heavy (non-hydrogen) atoms. The van der Waals surface area contributed by atoms with Gasteiger partial charge in [0.15, 0.2) is 0 Å². The highest BCUT2D eigenvalue weighted by Crippen LogP contribution is 2.44. The van der Waals surface area contributed by atoms with E-state index >= 15 is 0 Å². The van der Waals surface area contributed by atoms with Gasteiger partial charge >= 0.3 is 5.97 Å². The van der Waals surface area contributed by atoms with Gasteiger partial charge in [0.25, 0.3) is 4.06 Å². The van der Waals surface area contributed by atoms with E-state index in [2.05, 4.69) is 0 Å². The summed E-state index contributed by atoms with van der Waals surface area (Å²) in [4.78, 5) is 21.8. The molecule has 1 aliphatic rings. The van der Waals surface area contributed by atoms with Gasteiger partial charge < -0.3 is 4.74 Å². The third-order valence-corrected chi connectivity index (χ3v) is 7.24. The number of thioether (sulfide) groups is 2. The van der Waals surface area contributed by atoms with Gasteiger partial charge in [0, 0.05) is 12.7 Å². The smallest absolute Gasteiger partial charge is 0.302 e. The summed E-state index contributed by atoms with van der Waals surface area (Å²) in [6.45, 7) is 1.85. The van der Waals surface area contributed by atoms with E-state index in [9.17, 15) is 9.59 Å². The van der Waals surface area contributed by atoms with E-state index in [1.807, 2.05) is 0 Å². The molecule has 3 nitrogen and oxygen atoms in total. The zero-order valence-corrected chi connectivity index (χ0v) is 11.1. The van der Waals surface area contributed by atoms with Crippen LogP contribution in [-0.2, 0) is 9.53 Å². The Morgan fingerprint density at radius 2 is 2.20 bits per heavy atom. The number of carbonyl (C=O) groups excluding carboxylic acids is 1. The van der Waals surface area contributed by atoms with Crippen molar-refractivity contribution in [2.45, 2.75) is 20.6 Å². The lowest BCUT2D eigenvalue weighted by molar-refractivity contribution is -0.140. The third kappa shape index (κ3) is 2.99. The maximum Gasteiger partial charge on any atom is 0.302 e. The lowest BCUT2D eigenvalue weighted by atomic mass is 10.5. The summed E-state index contributed by atoms with van der Waals surface area (Å²) >= 11 is 5.94. The molecule has 0 fully saturated rings. The molecule has 0 saturated heterocycles. The Labute approximate surface area is 103 Å². The summed E-state index contributed by atoms with van der Waals surface area (Å²) in [5.41, 5.74) is 0. The second-order valence-corrected chi connectivity index (χ2v) is 7.96. The molecule has 2 rings (SSSR count). The molecule has 1 atom stereocenters. The predicted octanol–water partition coefficient (Wildman–Crippen LogP) is 2.30. The molecule has 1 unspecified atom stereocenters. The molecule has 1 aromatic rings. The Morgan fingerprint density at radius 1 is 1.47 bits per heavy atom. The molecule has 82 valence electrons. The molecule has 0 saturated carbocycles. The zero-order chi connectivity index (χ0) is 10.8. The second-order valence-electron chi connectivity index (χ2n) is 2.88. The van der Waals surface area contributed by atoms with E-state index in [-0.39, 0.29) is 15.3 Å². The van der Waals surface area contributed by atoms with Gasteiger partial charge in [-0.2, -0.15) is 0 Å². The van der Waals surface area contributed by atoms with Crippen LogP contribution >= 0.6 is 46.2 Å². The van der Waals surface area contributed by atoms with Crippen molar-refractivity contribution in [3.8, 4) is 0 Å². The number of rotatable bonds is 2. The summed E-state index contributed by atoms with van der Waals surface area (Å²) in [5, 5.41) is 0.275. The predicted molar refractivity (Wildman–Crippen MR) is 65.5 cm³/mol. The fraction of sp³-hybridized carbons (Fsp3) is 0.500. The highest BCUT2D eigenvalue weighted by molar-refractivity contribution is 8.08. The van der Waals surface area contributed by atoms with Crippen molar-refractivity contribution in [1.82, 2.24) is 0 Å². The quantitative estimate of drug-likeness (QED) is 0.778. The van der Waals surface area contributed by atoms with Gasteiger partial charge in [0.05, 0.1) is 13.7 Å². The van der Waals surface area contributed by atoms with E-state index in [4.69, 9.17) is 4.74 Å². The zero-order valence-electron chi connectivity index (χ0n) is 7.85. The van der Waals surface area contributed by atoms with Crippen molar-refractivity contribution >= 4 is 52.2 Å². The molecule has 1 aliphatic heterocycles. The van der Waals surface area contributed by atoms with Crippen molar-refractivity contribution in [3.05, 3.63) is 8.85 Å². The van der Waals surface area contributed by atoms with Crippen LogP contribution in [0.1, 0.15) is 6.92 Å². The lowest BCUT2D eigenvalue weighted by Crippen LogP contribution is -2.18. The largest absolute Gasteiger partial charge is 0.465 e. The molecule has 0 N–H and O–H groups in total. The highest BCUT2D eigenvalue weighted by atomic mass is 32.2. The second kappa shape index (κ2) is 4.90. The minimum absolute atomic E-state index is 0.146. The van der Waals surface area contributed by atoms with Crippen LogP contribution < -0.4 is 4.06 Å². The summed E-state index contributed by atoms with van der Waals surface area (Å²) in [6.07, 6.45) is 0. The number of carbonyl (C=O) groups is 1. The maximum absolute atomic E-state index is 11.2. The number of hydrogen-bond donors (Lipinski definition) is 0. The Hall–Kier alpha value is 0.0200. The van der Waals surface area contributed by atoms with Gasteiger partial charge in [0.2, 0.25) is 0 Å². The van der Waals surface area contributed by atoms with Gasteiger partial charge in [-0.1, -0.05) is 22.7 Å². The molecule has 1 aromatic heterocycles. The molecule has 2 heterocycles. The number of hydrogen-bond acceptors (Lipinski definition) is 7. The number of fused-ring (bicyclic) bond motifs is 1. The fourth-order valence-electron chi connectivity index (χ4n) is 1.06. The minimum atomic E-state index is -0.245. The first-order chi connectivity index (χ1) is 7.15. The Balaban J connectivity index is 1.99. The van der Waals surface area contributed by atoms with Crippen molar-refractivity contribution < 1.29 is 9.53 Å². The van der Waals surface area contributed by atoms with Crippen LogP contribution in [-0.4, -0.2) is 23.6 Å². The molecule has 0 radical (unpaired) electrons. The first-order valence-electron chi connectivity index (χ1n) is 4.22. The van der Waals surface area contributed by atoms with Gasteiger partial charge in [-0.15, -0.1) is 23.5 Å². The van der Waals surface area contributed by atoms with E-state index in [1.165, 1.54) is 29.6 Å². The molecular formula is C8H8O3S4. The number of esters is 1. The normalized spacial score (nSPS) is 19.7. The molecule has 0 amide bonds. The summed E-state index contributed by atoms with van der Waals surface area (Å²) < 4.78 is 7.31. The molecule has 0 spiro atoms. The minimum Gasteiger partial charge on any atom is -0.465 e. The topological polar surface area (TPSA) is 43.4 Å². The third-order valence-electron chi connectivity index (χ3n) is 1.67. The van der Waals surface area contributed by atoms with Gasteiger partial charge in [-0.05, 0) is 0 Å². The van der Waals surface area contributed by atoms with E-state index in [1.54, 1.807) is 23.5 Å². The van der Waals surface area contributed by atoms with Crippen LogP contribution in [0.2, 0.25) is 0 Å². The molecule has 7 heteroatoms. The van der Waals surface area contributed by atoms with Crippen molar-refractivity contribution in [3.63, 3.8) is 0 Å². The molecule has 0 bridgehead atoms. The molecule has 0 aliphatic carbocycles. The number of ether oxygens (including phenoxy) is 1. The summed E-state index contributed by atoms with van der Waals surface area (Å²) in [6, 6.07) is 0. The van der Waals surface area contributed by atoms with Gasteiger partial charge in [-0.25, -0.2) is 0 Å². The van der Waals surface area contributed by atoms with Crippen molar-refractivity contribution in [2.24, 2.45) is 0 Å². The van der Waals surface area contributed by atoms with Crippen molar-refractivity contribution in [1.29, 1.82) is 0 Å². The van der Waals surface area contributed by atoms with Crippen LogP contribution in [0, 0.1) is 0 Å². The lowest BCUT2D eigenvalue weighted by Gasteiger charge is -2.19. The van der Waals surface area contributed by atoms with E-state index < -0.39 is 0 Å². The average molecular weight is 280 g/mol. The Kier molecular flexibility index (Phi) is 3.76. The van der Waals surface area contributed by atoms with Crippen LogP contribution in [0.5, 0.6) is 0 Å². The van der Waals surface area contributed by atoms with Crippen LogP contribution in [0.3, 0.4) is 0 Å². The highest BCUT2D eigenvalue weighted by Gasteiger charge is 2.23. The Bertz CT molecular complexity index is 422.